The van der Waals surface area contributed by atoms with E-state index in [9.17, 15) is 9.18 Å². The Morgan fingerprint density at radius 2 is 2.00 bits per heavy atom. The number of piperidine rings is 1. The fraction of sp³-hybridized carbons (Fsp3) is 0.438. The Balaban J connectivity index is 1.53. The summed E-state index contributed by atoms with van der Waals surface area (Å²) in [4.78, 5) is 14.0. The maximum absolute atomic E-state index is 13.5. The molecule has 0 spiro atoms. The van der Waals surface area contributed by atoms with Crippen LogP contribution in [0.5, 0.6) is 5.75 Å². The molecule has 6 nitrogen and oxygen atoms in total. The molecule has 0 bridgehead atoms. The van der Waals surface area contributed by atoms with Crippen LogP contribution in [0, 0.1) is 5.82 Å². The Hall–Kier alpha value is -2.44. The van der Waals surface area contributed by atoms with Crippen molar-refractivity contribution >= 4 is 5.91 Å². The SMILES string of the molecule is O=C(Cn1cc(COc2ccccc2F)nn1)N1CCCCC1. The van der Waals surface area contributed by atoms with E-state index in [-0.39, 0.29) is 24.8 Å². The van der Waals surface area contributed by atoms with E-state index < -0.39 is 5.82 Å². The van der Waals surface area contributed by atoms with Gasteiger partial charge in [0.05, 0.1) is 6.20 Å². The van der Waals surface area contributed by atoms with Crippen molar-refractivity contribution < 1.29 is 13.9 Å². The van der Waals surface area contributed by atoms with Gasteiger partial charge in [-0.05, 0) is 31.4 Å². The third-order valence-electron chi connectivity index (χ3n) is 3.80. The summed E-state index contributed by atoms with van der Waals surface area (Å²) in [6.45, 7) is 1.92. The number of nitrogens with zero attached hydrogens (tertiary/aromatic N) is 4. The number of rotatable bonds is 5. The highest BCUT2D eigenvalue weighted by atomic mass is 19.1. The first-order valence-electron chi connectivity index (χ1n) is 7.76. The van der Waals surface area contributed by atoms with Crippen molar-refractivity contribution in [2.75, 3.05) is 13.1 Å². The normalized spacial score (nSPS) is 14.7. The third-order valence-corrected chi connectivity index (χ3v) is 3.80. The molecule has 1 aromatic carbocycles. The molecule has 0 N–H and O–H groups in total. The Morgan fingerprint density at radius 1 is 1.22 bits per heavy atom. The summed E-state index contributed by atoms with van der Waals surface area (Å²) in [6, 6.07) is 6.19. The molecule has 7 heteroatoms. The minimum absolute atomic E-state index is 0.0520. The highest BCUT2D eigenvalue weighted by Gasteiger charge is 2.17. The number of carbonyl (C=O) groups is 1. The number of halogens is 1. The van der Waals surface area contributed by atoms with Gasteiger partial charge in [0.1, 0.15) is 18.8 Å². The number of ether oxygens (including phenoxy) is 1. The van der Waals surface area contributed by atoms with Crippen LogP contribution >= 0.6 is 0 Å². The van der Waals surface area contributed by atoms with Crippen molar-refractivity contribution in [1.29, 1.82) is 0 Å². The van der Waals surface area contributed by atoms with Gasteiger partial charge in [0.25, 0.3) is 0 Å². The van der Waals surface area contributed by atoms with Crippen molar-refractivity contribution in [2.24, 2.45) is 0 Å². The molecular weight excluding hydrogens is 299 g/mol. The van der Waals surface area contributed by atoms with E-state index in [1.165, 1.54) is 17.2 Å². The molecule has 1 aliphatic rings. The van der Waals surface area contributed by atoms with Gasteiger partial charge in [0.15, 0.2) is 11.6 Å². The monoisotopic (exact) mass is 318 g/mol. The standard InChI is InChI=1S/C16H19FN4O2/c17-14-6-2-3-7-15(14)23-12-13-10-21(19-18-13)11-16(22)20-8-4-1-5-9-20/h2-3,6-7,10H,1,4-5,8-9,11-12H2. The second kappa shape index (κ2) is 7.21. The van der Waals surface area contributed by atoms with Crippen LogP contribution in [0.1, 0.15) is 25.0 Å². The lowest BCUT2D eigenvalue weighted by Gasteiger charge is -2.26. The molecule has 3 rings (SSSR count). The first kappa shape index (κ1) is 15.5. The fourth-order valence-electron chi connectivity index (χ4n) is 2.58. The smallest absolute Gasteiger partial charge is 0.244 e. The Morgan fingerprint density at radius 3 is 2.78 bits per heavy atom. The lowest BCUT2D eigenvalue weighted by molar-refractivity contribution is -0.132. The van der Waals surface area contributed by atoms with Crippen LogP contribution in [0.3, 0.4) is 0 Å². The first-order chi connectivity index (χ1) is 11.2. The molecule has 23 heavy (non-hydrogen) atoms. The molecule has 122 valence electrons. The number of aromatic nitrogens is 3. The Labute approximate surface area is 133 Å². The predicted octanol–water partition coefficient (Wildman–Crippen LogP) is 2.01. The van der Waals surface area contributed by atoms with E-state index >= 15 is 0 Å². The predicted molar refractivity (Wildman–Crippen MR) is 81.2 cm³/mol. The summed E-state index contributed by atoms with van der Waals surface area (Å²) in [6.07, 6.45) is 4.96. The molecule has 0 saturated carbocycles. The van der Waals surface area contributed by atoms with Gasteiger partial charge in [0.2, 0.25) is 5.91 Å². The molecule has 0 atom stereocenters. The van der Waals surface area contributed by atoms with Crippen molar-refractivity contribution in [3.05, 3.63) is 42.0 Å². The molecule has 1 saturated heterocycles. The van der Waals surface area contributed by atoms with Gasteiger partial charge in [-0.25, -0.2) is 9.07 Å². The van der Waals surface area contributed by atoms with Crippen LogP contribution < -0.4 is 4.74 Å². The van der Waals surface area contributed by atoms with E-state index in [2.05, 4.69) is 10.3 Å². The summed E-state index contributed by atoms with van der Waals surface area (Å²) in [5, 5.41) is 7.89. The largest absolute Gasteiger partial charge is 0.484 e. The number of likely N-dealkylation sites (tertiary alicyclic amines) is 1. The molecule has 2 aromatic rings. The highest BCUT2D eigenvalue weighted by Crippen LogP contribution is 2.16. The number of hydrogen-bond donors (Lipinski definition) is 0. The van der Waals surface area contributed by atoms with E-state index in [0.29, 0.717) is 5.69 Å². The molecule has 1 amide bonds. The topological polar surface area (TPSA) is 60.3 Å². The van der Waals surface area contributed by atoms with Crippen LogP contribution in [-0.2, 0) is 17.9 Å². The molecule has 0 aliphatic carbocycles. The van der Waals surface area contributed by atoms with Crippen molar-refractivity contribution in [3.63, 3.8) is 0 Å². The summed E-state index contributed by atoms with van der Waals surface area (Å²) in [5.41, 5.74) is 0.555. The Bertz CT molecular complexity index is 668. The average Bonchev–Trinajstić information content (AvgIpc) is 3.02. The second-order valence-corrected chi connectivity index (χ2v) is 5.57. The maximum atomic E-state index is 13.5. The van der Waals surface area contributed by atoms with Crippen LogP contribution in [0.4, 0.5) is 4.39 Å². The van der Waals surface area contributed by atoms with Gasteiger partial charge < -0.3 is 9.64 Å². The molecular formula is C16H19FN4O2. The van der Waals surface area contributed by atoms with Crippen LogP contribution in [0.2, 0.25) is 0 Å². The van der Waals surface area contributed by atoms with E-state index in [1.54, 1.807) is 24.4 Å². The van der Waals surface area contributed by atoms with Crippen molar-refractivity contribution in [3.8, 4) is 5.75 Å². The molecule has 1 aliphatic heterocycles. The third kappa shape index (κ3) is 4.06. The minimum Gasteiger partial charge on any atom is -0.484 e. The summed E-state index contributed by atoms with van der Waals surface area (Å²) in [7, 11) is 0. The second-order valence-electron chi connectivity index (χ2n) is 5.57. The zero-order valence-electron chi connectivity index (χ0n) is 12.8. The zero-order valence-corrected chi connectivity index (χ0v) is 12.8. The quantitative estimate of drug-likeness (QED) is 0.846. The van der Waals surface area contributed by atoms with Gasteiger partial charge in [-0.15, -0.1) is 5.10 Å². The zero-order chi connectivity index (χ0) is 16.1. The van der Waals surface area contributed by atoms with E-state index in [4.69, 9.17) is 4.74 Å². The van der Waals surface area contributed by atoms with Gasteiger partial charge in [-0.3, -0.25) is 4.79 Å². The van der Waals surface area contributed by atoms with Crippen molar-refractivity contribution in [2.45, 2.75) is 32.4 Å². The number of hydrogen-bond acceptors (Lipinski definition) is 4. The highest BCUT2D eigenvalue weighted by molar-refractivity contribution is 5.75. The number of benzene rings is 1. The number of amides is 1. The lowest BCUT2D eigenvalue weighted by atomic mass is 10.1. The van der Waals surface area contributed by atoms with Crippen molar-refractivity contribution in [1.82, 2.24) is 19.9 Å². The molecule has 0 unspecified atom stereocenters. The molecule has 2 heterocycles. The van der Waals surface area contributed by atoms with E-state index in [1.807, 2.05) is 4.90 Å². The van der Waals surface area contributed by atoms with E-state index in [0.717, 1.165) is 25.9 Å². The minimum atomic E-state index is -0.417. The summed E-state index contributed by atoms with van der Waals surface area (Å²) in [5.74, 6) is -0.192. The summed E-state index contributed by atoms with van der Waals surface area (Å²) < 4.78 is 20.3. The number of para-hydroxylation sites is 1. The average molecular weight is 318 g/mol. The first-order valence-corrected chi connectivity index (χ1v) is 7.76. The maximum Gasteiger partial charge on any atom is 0.244 e. The van der Waals surface area contributed by atoms with Gasteiger partial charge >= 0.3 is 0 Å². The van der Waals surface area contributed by atoms with Gasteiger partial charge in [-0.2, -0.15) is 0 Å². The molecule has 1 fully saturated rings. The van der Waals surface area contributed by atoms with Gasteiger partial charge in [-0.1, -0.05) is 17.3 Å². The van der Waals surface area contributed by atoms with Gasteiger partial charge in [0, 0.05) is 13.1 Å². The lowest BCUT2D eigenvalue weighted by Crippen LogP contribution is -2.37. The number of carbonyl (C=O) groups excluding carboxylic acids is 1. The van der Waals surface area contributed by atoms with Crippen LogP contribution in [-0.4, -0.2) is 38.9 Å². The summed E-state index contributed by atoms with van der Waals surface area (Å²) >= 11 is 0. The molecule has 1 aromatic heterocycles. The fourth-order valence-corrected chi connectivity index (χ4v) is 2.58. The molecule has 0 radical (unpaired) electrons. The Kier molecular flexibility index (Phi) is 4.85. The van der Waals surface area contributed by atoms with Crippen LogP contribution in [0.25, 0.3) is 0 Å². The van der Waals surface area contributed by atoms with Crippen LogP contribution in [0.15, 0.2) is 30.5 Å².